The molecule has 1 heterocycles. The molecule has 0 saturated carbocycles. The van der Waals surface area contributed by atoms with Crippen molar-refractivity contribution in [2.45, 2.75) is 91.8 Å². The third-order valence-corrected chi connectivity index (χ3v) is 8.51. The highest BCUT2D eigenvalue weighted by atomic mass is 32.1. The molecule has 1 unspecified atom stereocenters. The van der Waals surface area contributed by atoms with E-state index in [4.69, 9.17) is 9.47 Å². The second-order valence-electron chi connectivity index (χ2n) is 11.5. The SMILES string of the molecule is CC[C@H](C)CC(=O)N(C)C(C[C@@H](OC(C)=O)c1nc(C(=O)N[C@@H](Cc2ccccc2)C[C@H](C)C(=O)OC)cs1)C(C)C. The van der Waals surface area contributed by atoms with E-state index in [2.05, 4.69) is 24.1 Å². The number of methoxy groups -OCH3 is 1. The van der Waals surface area contributed by atoms with Gasteiger partial charge < -0.3 is 19.7 Å². The maximum Gasteiger partial charge on any atom is 0.308 e. The van der Waals surface area contributed by atoms with Crippen molar-refractivity contribution in [1.82, 2.24) is 15.2 Å². The third kappa shape index (κ3) is 10.9. The fourth-order valence-corrected chi connectivity index (χ4v) is 5.72. The number of benzene rings is 1. The van der Waals surface area contributed by atoms with E-state index in [0.29, 0.717) is 30.7 Å². The van der Waals surface area contributed by atoms with Gasteiger partial charge in [0.2, 0.25) is 5.91 Å². The number of nitrogens with zero attached hydrogens (tertiary/aromatic N) is 2. The molecule has 1 aromatic heterocycles. The van der Waals surface area contributed by atoms with Crippen LogP contribution in [0.5, 0.6) is 0 Å². The fraction of sp³-hybridized carbons (Fsp3) is 0.594. The van der Waals surface area contributed by atoms with E-state index < -0.39 is 18.0 Å². The monoisotopic (exact) mass is 601 g/mol. The minimum absolute atomic E-state index is 0.0504. The lowest BCUT2D eigenvalue weighted by Gasteiger charge is -2.34. The number of hydrogen-bond acceptors (Lipinski definition) is 8. The Kier molecular flexibility index (Phi) is 14.1. The van der Waals surface area contributed by atoms with Gasteiger partial charge in [-0.25, -0.2) is 4.98 Å². The van der Waals surface area contributed by atoms with Crippen LogP contribution < -0.4 is 5.32 Å². The van der Waals surface area contributed by atoms with E-state index in [1.54, 1.807) is 24.3 Å². The van der Waals surface area contributed by atoms with Crippen LogP contribution in [0.2, 0.25) is 0 Å². The maximum atomic E-state index is 13.3. The first-order chi connectivity index (χ1) is 19.9. The van der Waals surface area contributed by atoms with Gasteiger partial charge in [0.1, 0.15) is 10.7 Å². The zero-order valence-corrected chi connectivity index (χ0v) is 27.0. The molecule has 0 aliphatic heterocycles. The van der Waals surface area contributed by atoms with Gasteiger partial charge in [-0.1, -0.05) is 71.4 Å². The molecular formula is C32H47N3O6S. The van der Waals surface area contributed by atoms with Crippen LogP contribution in [-0.4, -0.2) is 59.9 Å². The molecule has 2 amide bonds. The molecule has 0 aliphatic rings. The summed E-state index contributed by atoms with van der Waals surface area (Å²) >= 11 is 1.24. The molecule has 2 aromatic rings. The summed E-state index contributed by atoms with van der Waals surface area (Å²) in [5.41, 5.74) is 1.23. The smallest absolute Gasteiger partial charge is 0.308 e. The summed E-state index contributed by atoms with van der Waals surface area (Å²) in [6, 6.07) is 9.21. The van der Waals surface area contributed by atoms with Crippen LogP contribution >= 0.6 is 11.3 Å². The number of nitrogens with one attached hydrogen (secondary N) is 1. The predicted octanol–water partition coefficient (Wildman–Crippen LogP) is 5.60. The number of hydrogen-bond donors (Lipinski definition) is 1. The molecule has 0 spiro atoms. The summed E-state index contributed by atoms with van der Waals surface area (Å²) < 4.78 is 10.6. The molecule has 0 fully saturated rings. The number of aromatic nitrogens is 1. The number of ether oxygens (including phenoxy) is 2. The largest absolute Gasteiger partial charge is 0.469 e. The average Bonchev–Trinajstić information content (AvgIpc) is 3.45. The summed E-state index contributed by atoms with van der Waals surface area (Å²) in [4.78, 5) is 56.8. The van der Waals surface area contributed by atoms with Crippen molar-refractivity contribution in [1.29, 1.82) is 0 Å². The molecule has 232 valence electrons. The van der Waals surface area contributed by atoms with E-state index in [0.717, 1.165) is 12.0 Å². The van der Waals surface area contributed by atoms with Crippen LogP contribution in [0.3, 0.4) is 0 Å². The first-order valence-corrected chi connectivity index (χ1v) is 15.5. The van der Waals surface area contributed by atoms with E-state index in [-0.39, 0.29) is 47.4 Å². The second-order valence-corrected chi connectivity index (χ2v) is 12.3. The number of thiazole rings is 1. The lowest BCUT2D eigenvalue weighted by atomic mass is 9.95. The summed E-state index contributed by atoms with van der Waals surface area (Å²) in [6.07, 6.45) is 1.96. The number of carbonyl (C=O) groups excluding carboxylic acids is 4. The van der Waals surface area contributed by atoms with Gasteiger partial charge in [0, 0.05) is 44.3 Å². The lowest BCUT2D eigenvalue weighted by Crippen LogP contribution is -2.42. The highest BCUT2D eigenvalue weighted by molar-refractivity contribution is 7.09. The van der Waals surface area contributed by atoms with Crippen LogP contribution in [0.15, 0.2) is 35.7 Å². The standard InChI is InChI=1S/C32H47N3O6S/c1-9-21(4)15-29(37)35(7)27(20(2)3)18-28(41-23(6)36)31-34-26(19-42-31)30(38)33-25(16-22(5)32(39)40-8)17-24-13-11-10-12-14-24/h10-14,19-22,25,27-28H,9,15-18H2,1-8H3,(H,33,38)/t21-,22-,25+,27?,28+/m0/s1. The Bertz CT molecular complexity index is 1170. The van der Waals surface area contributed by atoms with Gasteiger partial charge in [0.25, 0.3) is 5.91 Å². The topological polar surface area (TPSA) is 115 Å². The molecule has 42 heavy (non-hydrogen) atoms. The first-order valence-electron chi connectivity index (χ1n) is 14.7. The summed E-state index contributed by atoms with van der Waals surface area (Å²) in [7, 11) is 3.15. The second kappa shape index (κ2) is 17.0. The van der Waals surface area contributed by atoms with Crippen molar-refractivity contribution in [3.05, 3.63) is 52.0 Å². The molecule has 1 aromatic carbocycles. The Morgan fingerprint density at radius 1 is 1.05 bits per heavy atom. The lowest BCUT2D eigenvalue weighted by molar-refractivity contribution is -0.148. The summed E-state index contributed by atoms with van der Waals surface area (Å²) in [6.45, 7) is 11.3. The van der Waals surface area contributed by atoms with Crippen LogP contribution in [-0.2, 0) is 30.3 Å². The van der Waals surface area contributed by atoms with Crippen molar-refractivity contribution in [3.8, 4) is 0 Å². The van der Waals surface area contributed by atoms with Crippen molar-refractivity contribution in [2.75, 3.05) is 14.2 Å². The van der Waals surface area contributed by atoms with E-state index in [9.17, 15) is 19.2 Å². The quantitative estimate of drug-likeness (QED) is 0.249. The van der Waals surface area contributed by atoms with Gasteiger partial charge in [-0.05, 0) is 30.2 Å². The first kappa shape index (κ1) is 34.9. The van der Waals surface area contributed by atoms with Crippen LogP contribution in [0, 0.1) is 17.8 Å². The van der Waals surface area contributed by atoms with Gasteiger partial charge in [-0.3, -0.25) is 19.2 Å². The zero-order valence-electron chi connectivity index (χ0n) is 26.2. The molecule has 0 saturated heterocycles. The highest BCUT2D eigenvalue weighted by Crippen LogP contribution is 2.31. The number of esters is 2. The predicted molar refractivity (Wildman–Crippen MR) is 164 cm³/mol. The van der Waals surface area contributed by atoms with Gasteiger partial charge >= 0.3 is 11.9 Å². The number of amides is 2. The molecule has 10 heteroatoms. The molecule has 2 rings (SSSR count). The Hall–Kier alpha value is -3.27. The fourth-order valence-electron chi connectivity index (χ4n) is 4.88. The van der Waals surface area contributed by atoms with Crippen LogP contribution in [0.4, 0.5) is 0 Å². The van der Waals surface area contributed by atoms with Gasteiger partial charge in [0.15, 0.2) is 6.10 Å². The van der Waals surface area contributed by atoms with E-state index >= 15 is 0 Å². The molecule has 0 radical (unpaired) electrons. The van der Waals surface area contributed by atoms with Crippen molar-refractivity contribution < 1.29 is 28.7 Å². The summed E-state index contributed by atoms with van der Waals surface area (Å²) in [5, 5.41) is 5.17. The molecular weight excluding hydrogens is 554 g/mol. The van der Waals surface area contributed by atoms with E-state index in [1.165, 1.54) is 25.4 Å². The van der Waals surface area contributed by atoms with Crippen molar-refractivity contribution in [3.63, 3.8) is 0 Å². The highest BCUT2D eigenvalue weighted by Gasteiger charge is 2.31. The summed E-state index contributed by atoms with van der Waals surface area (Å²) in [5.74, 6) is -1.15. The zero-order chi connectivity index (χ0) is 31.4. The van der Waals surface area contributed by atoms with Crippen molar-refractivity contribution >= 4 is 35.1 Å². The molecule has 5 atom stereocenters. The van der Waals surface area contributed by atoms with E-state index in [1.807, 2.05) is 44.2 Å². The Balaban J connectivity index is 2.25. The minimum Gasteiger partial charge on any atom is -0.469 e. The molecule has 0 bridgehead atoms. The van der Waals surface area contributed by atoms with Crippen molar-refractivity contribution in [2.24, 2.45) is 17.8 Å². The normalized spacial score (nSPS) is 14.8. The van der Waals surface area contributed by atoms with Gasteiger partial charge in [0.05, 0.1) is 13.0 Å². The van der Waals surface area contributed by atoms with Gasteiger partial charge in [-0.2, -0.15) is 0 Å². The third-order valence-electron chi connectivity index (χ3n) is 7.58. The Morgan fingerprint density at radius 2 is 1.71 bits per heavy atom. The van der Waals surface area contributed by atoms with Gasteiger partial charge in [-0.15, -0.1) is 11.3 Å². The number of carbonyl (C=O) groups is 4. The molecule has 1 N–H and O–H groups in total. The Morgan fingerprint density at radius 3 is 2.29 bits per heavy atom. The molecule has 0 aliphatic carbocycles. The average molecular weight is 602 g/mol. The maximum absolute atomic E-state index is 13.3. The molecule has 9 nitrogen and oxygen atoms in total. The number of rotatable bonds is 16. The minimum atomic E-state index is -0.709. The van der Waals surface area contributed by atoms with Crippen LogP contribution in [0.25, 0.3) is 0 Å². The van der Waals surface area contributed by atoms with Crippen LogP contribution in [0.1, 0.15) is 94.4 Å². The Labute approximate surface area is 254 Å².